The molecule has 0 aromatic heterocycles. The van der Waals surface area contributed by atoms with Crippen LogP contribution in [0.25, 0.3) is 0 Å². The van der Waals surface area contributed by atoms with Gasteiger partial charge in [0.1, 0.15) is 12.1 Å². The summed E-state index contributed by atoms with van der Waals surface area (Å²) in [6, 6.07) is 0.324. The Balaban J connectivity index is 3.94. The summed E-state index contributed by atoms with van der Waals surface area (Å²) in [7, 11) is 6.30. The maximum Gasteiger partial charge on any atom is 0.112 e. The first-order chi connectivity index (χ1) is 4.39. The van der Waals surface area contributed by atoms with Gasteiger partial charge in [0, 0.05) is 0 Å². The summed E-state index contributed by atoms with van der Waals surface area (Å²) in [5.74, 6) is 0. The van der Waals surface area contributed by atoms with Crippen LogP contribution in [0.3, 0.4) is 0 Å². The third kappa shape index (κ3) is 2.67. The molecule has 0 radical (unpaired) electrons. The van der Waals surface area contributed by atoms with Crippen molar-refractivity contribution in [2.24, 2.45) is 0 Å². The van der Waals surface area contributed by atoms with Gasteiger partial charge in [0.15, 0.2) is 0 Å². The third-order valence-electron chi connectivity index (χ3n) is 2.20. The lowest BCUT2D eigenvalue weighted by Gasteiger charge is -2.34. The minimum atomic E-state index is -0.167. The van der Waals surface area contributed by atoms with E-state index >= 15 is 0 Å². The molecular formula is C8H20NO+. The van der Waals surface area contributed by atoms with E-state index in [1.807, 2.05) is 6.92 Å². The predicted octanol–water partition coefficient (Wildman–Crippen LogP) is 0.852. The lowest BCUT2D eigenvalue weighted by Crippen LogP contribution is -2.49. The van der Waals surface area contributed by atoms with Gasteiger partial charge in [0.25, 0.3) is 0 Å². The van der Waals surface area contributed by atoms with Gasteiger partial charge >= 0.3 is 0 Å². The second-order valence-electron chi connectivity index (χ2n) is 3.83. The van der Waals surface area contributed by atoms with Crippen molar-refractivity contribution < 1.29 is 9.59 Å². The molecule has 0 heterocycles. The Morgan fingerprint density at radius 1 is 1.30 bits per heavy atom. The van der Waals surface area contributed by atoms with Crippen LogP contribution < -0.4 is 0 Å². The molecule has 0 aliphatic carbocycles. The van der Waals surface area contributed by atoms with Crippen LogP contribution in [0.15, 0.2) is 0 Å². The summed E-state index contributed by atoms with van der Waals surface area (Å²) in [4.78, 5) is 0. The average Bonchev–Trinajstić information content (AvgIpc) is 1.83. The van der Waals surface area contributed by atoms with Crippen molar-refractivity contribution >= 4 is 0 Å². The number of quaternary nitrogens is 1. The Bertz CT molecular complexity index is 95.9. The Morgan fingerprint density at radius 3 is 1.80 bits per heavy atom. The highest BCUT2D eigenvalue weighted by atomic mass is 16.3. The number of likely N-dealkylation sites (N-methyl/N-ethyl adjacent to an activating group) is 1. The maximum absolute atomic E-state index is 9.45. The normalized spacial score (nSPS) is 18.6. The number of nitrogens with zero attached hydrogens (tertiary/aromatic N) is 1. The molecule has 62 valence electrons. The molecule has 0 spiro atoms. The van der Waals surface area contributed by atoms with Crippen molar-refractivity contribution in [2.75, 3.05) is 21.1 Å². The van der Waals surface area contributed by atoms with Gasteiger partial charge in [-0.1, -0.05) is 6.92 Å². The van der Waals surface area contributed by atoms with Crippen LogP contribution in [0, 0.1) is 0 Å². The molecule has 0 saturated heterocycles. The van der Waals surface area contributed by atoms with E-state index < -0.39 is 0 Å². The standard InChI is InChI=1S/C8H20NO/c1-6-8(10)7(2)9(3,4)5/h7-8,10H,6H2,1-5H3/q+1. The molecule has 0 rings (SSSR count). The Kier molecular flexibility index (Phi) is 3.33. The van der Waals surface area contributed by atoms with Crippen molar-refractivity contribution in [3.8, 4) is 0 Å². The first-order valence-electron chi connectivity index (χ1n) is 3.88. The van der Waals surface area contributed by atoms with Crippen LogP contribution in [-0.2, 0) is 0 Å². The van der Waals surface area contributed by atoms with Gasteiger partial charge in [-0.25, -0.2) is 0 Å². The molecule has 0 aromatic carbocycles. The molecule has 0 saturated carbocycles. The van der Waals surface area contributed by atoms with Gasteiger partial charge in [0.2, 0.25) is 0 Å². The van der Waals surface area contributed by atoms with Crippen molar-refractivity contribution in [3.05, 3.63) is 0 Å². The number of aliphatic hydroxyl groups is 1. The van der Waals surface area contributed by atoms with Gasteiger partial charge in [-0.05, 0) is 13.3 Å². The van der Waals surface area contributed by atoms with Gasteiger partial charge in [-0.3, -0.25) is 0 Å². The van der Waals surface area contributed by atoms with Crippen molar-refractivity contribution in [3.63, 3.8) is 0 Å². The predicted molar refractivity (Wildman–Crippen MR) is 43.8 cm³/mol. The summed E-state index contributed by atoms with van der Waals surface area (Å²) in [6.45, 7) is 4.09. The summed E-state index contributed by atoms with van der Waals surface area (Å²) in [5, 5.41) is 9.45. The Hall–Kier alpha value is -0.0800. The van der Waals surface area contributed by atoms with Crippen LogP contribution in [-0.4, -0.2) is 42.9 Å². The molecule has 2 heteroatoms. The number of aliphatic hydroxyl groups excluding tert-OH is 1. The topological polar surface area (TPSA) is 20.2 Å². The molecule has 10 heavy (non-hydrogen) atoms. The van der Waals surface area contributed by atoms with Gasteiger partial charge < -0.3 is 9.59 Å². The SMILES string of the molecule is CCC(O)C(C)[N+](C)(C)C. The number of hydrogen-bond acceptors (Lipinski definition) is 1. The molecule has 0 fully saturated rings. The van der Waals surface area contributed by atoms with E-state index in [4.69, 9.17) is 0 Å². The Morgan fingerprint density at radius 2 is 1.70 bits per heavy atom. The zero-order valence-electron chi connectivity index (χ0n) is 7.76. The molecule has 2 nitrogen and oxygen atoms in total. The van der Waals surface area contributed by atoms with Gasteiger partial charge in [-0.2, -0.15) is 0 Å². The molecule has 0 aliphatic heterocycles. The van der Waals surface area contributed by atoms with E-state index in [2.05, 4.69) is 28.1 Å². The van der Waals surface area contributed by atoms with Crippen LogP contribution >= 0.6 is 0 Å². The van der Waals surface area contributed by atoms with E-state index in [1.54, 1.807) is 0 Å². The number of rotatable bonds is 3. The molecule has 0 amide bonds. The van der Waals surface area contributed by atoms with Gasteiger partial charge in [0.05, 0.1) is 21.1 Å². The molecular weight excluding hydrogens is 126 g/mol. The largest absolute Gasteiger partial charge is 0.387 e. The summed E-state index contributed by atoms with van der Waals surface area (Å²) >= 11 is 0. The fourth-order valence-corrected chi connectivity index (χ4v) is 0.857. The van der Waals surface area contributed by atoms with E-state index in [0.29, 0.717) is 6.04 Å². The molecule has 0 bridgehead atoms. The van der Waals surface area contributed by atoms with Crippen LogP contribution in [0.4, 0.5) is 0 Å². The van der Waals surface area contributed by atoms with E-state index in [-0.39, 0.29) is 6.10 Å². The van der Waals surface area contributed by atoms with Crippen LogP contribution in [0.5, 0.6) is 0 Å². The zero-order valence-corrected chi connectivity index (χ0v) is 7.76. The monoisotopic (exact) mass is 146 g/mol. The fraction of sp³-hybridized carbons (Fsp3) is 1.00. The third-order valence-corrected chi connectivity index (χ3v) is 2.20. The first kappa shape index (κ1) is 9.92. The minimum Gasteiger partial charge on any atom is -0.387 e. The van der Waals surface area contributed by atoms with E-state index in [1.165, 1.54) is 0 Å². The van der Waals surface area contributed by atoms with Crippen molar-refractivity contribution in [1.82, 2.24) is 0 Å². The number of hydrogen-bond donors (Lipinski definition) is 1. The Labute approximate surface area is 64.1 Å². The van der Waals surface area contributed by atoms with Crippen molar-refractivity contribution in [1.29, 1.82) is 0 Å². The lowest BCUT2D eigenvalue weighted by atomic mass is 10.1. The first-order valence-corrected chi connectivity index (χ1v) is 3.88. The molecule has 0 aliphatic rings. The summed E-state index contributed by atoms with van der Waals surface area (Å²) in [5.41, 5.74) is 0. The maximum atomic E-state index is 9.45. The van der Waals surface area contributed by atoms with Crippen LogP contribution in [0.2, 0.25) is 0 Å². The van der Waals surface area contributed by atoms with E-state index in [9.17, 15) is 5.11 Å². The highest BCUT2D eigenvalue weighted by Crippen LogP contribution is 2.08. The fourth-order valence-electron chi connectivity index (χ4n) is 0.857. The molecule has 1 N–H and O–H groups in total. The highest BCUT2D eigenvalue weighted by Gasteiger charge is 2.24. The second-order valence-corrected chi connectivity index (χ2v) is 3.83. The zero-order chi connectivity index (χ0) is 8.36. The summed E-state index contributed by atoms with van der Waals surface area (Å²) < 4.78 is 0.828. The minimum absolute atomic E-state index is 0.167. The molecule has 2 unspecified atom stereocenters. The summed E-state index contributed by atoms with van der Waals surface area (Å²) in [6.07, 6.45) is 0.677. The van der Waals surface area contributed by atoms with Gasteiger partial charge in [-0.15, -0.1) is 0 Å². The van der Waals surface area contributed by atoms with Crippen molar-refractivity contribution in [2.45, 2.75) is 32.4 Å². The molecule has 2 atom stereocenters. The quantitative estimate of drug-likeness (QED) is 0.585. The molecule has 0 aromatic rings. The lowest BCUT2D eigenvalue weighted by molar-refractivity contribution is -0.897. The smallest absolute Gasteiger partial charge is 0.112 e. The van der Waals surface area contributed by atoms with E-state index in [0.717, 1.165) is 10.9 Å². The highest BCUT2D eigenvalue weighted by molar-refractivity contribution is 4.60. The average molecular weight is 146 g/mol. The second kappa shape index (κ2) is 3.35. The van der Waals surface area contributed by atoms with Crippen LogP contribution in [0.1, 0.15) is 20.3 Å².